The molecular formula is C19H24O3. The molecule has 0 bridgehead atoms. The number of carbonyl (C=O) groups is 2. The number of ether oxygens (including phenoxy) is 1. The maximum Gasteiger partial charge on any atom is 0.337 e. The summed E-state index contributed by atoms with van der Waals surface area (Å²) in [5.41, 5.74) is 2.38. The Labute approximate surface area is 132 Å². The SMILES string of the molecule is COC(=O)c1ccc(/C=C2\C(=O)[C@@H](C(C)C)CC[C@@H]2C)cc1. The minimum absolute atomic E-state index is 0.136. The van der Waals surface area contributed by atoms with Crippen molar-refractivity contribution in [1.29, 1.82) is 0 Å². The number of methoxy groups -OCH3 is 1. The van der Waals surface area contributed by atoms with Crippen molar-refractivity contribution in [1.82, 2.24) is 0 Å². The van der Waals surface area contributed by atoms with Crippen molar-refractivity contribution in [3.63, 3.8) is 0 Å². The second kappa shape index (κ2) is 6.91. The molecule has 1 aromatic carbocycles. The van der Waals surface area contributed by atoms with Gasteiger partial charge in [0.05, 0.1) is 12.7 Å². The summed E-state index contributed by atoms with van der Waals surface area (Å²) in [5.74, 6) is 0.747. The molecule has 1 aliphatic rings. The predicted molar refractivity (Wildman–Crippen MR) is 87.5 cm³/mol. The fourth-order valence-corrected chi connectivity index (χ4v) is 3.04. The standard InChI is InChI=1S/C19H24O3/c1-12(2)16-10-5-13(3)17(18(16)20)11-14-6-8-15(9-7-14)19(21)22-4/h6-9,11-13,16H,5,10H2,1-4H3/b17-11-/t13-,16+/m0/s1. The Morgan fingerprint density at radius 3 is 2.41 bits per heavy atom. The van der Waals surface area contributed by atoms with Gasteiger partial charge in [0.25, 0.3) is 0 Å². The number of benzene rings is 1. The molecule has 1 fully saturated rings. The highest BCUT2D eigenvalue weighted by Gasteiger charge is 2.32. The molecule has 1 aliphatic carbocycles. The van der Waals surface area contributed by atoms with E-state index in [1.54, 1.807) is 12.1 Å². The molecule has 118 valence electrons. The molecule has 0 heterocycles. The van der Waals surface area contributed by atoms with Crippen LogP contribution >= 0.6 is 0 Å². The van der Waals surface area contributed by atoms with E-state index in [0.717, 1.165) is 24.0 Å². The van der Waals surface area contributed by atoms with Crippen LogP contribution < -0.4 is 0 Å². The lowest BCUT2D eigenvalue weighted by Gasteiger charge is -2.30. The molecule has 1 saturated carbocycles. The van der Waals surface area contributed by atoms with E-state index < -0.39 is 0 Å². The quantitative estimate of drug-likeness (QED) is 0.623. The van der Waals surface area contributed by atoms with Gasteiger partial charge >= 0.3 is 5.97 Å². The highest BCUT2D eigenvalue weighted by atomic mass is 16.5. The first-order valence-corrected chi connectivity index (χ1v) is 7.88. The van der Waals surface area contributed by atoms with Gasteiger partial charge < -0.3 is 4.74 Å². The Hall–Kier alpha value is -1.90. The Bertz CT molecular complexity index is 581. The lowest BCUT2D eigenvalue weighted by Crippen LogP contribution is -2.30. The fraction of sp³-hybridized carbons (Fsp3) is 0.474. The first-order chi connectivity index (χ1) is 10.4. The van der Waals surface area contributed by atoms with E-state index in [1.807, 2.05) is 18.2 Å². The molecular weight excluding hydrogens is 276 g/mol. The Morgan fingerprint density at radius 2 is 1.86 bits per heavy atom. The lowest BCUT2D eigenvalue weighted by molar-refractivity contribution is -0.122. The van der Waals surface area contributed by atoms with Crippen LogP contribution in [0.25, 0.3) is 6.08 Å². The molecule has 0 saturated heterocycles. The van der Waals surface area contributed by atoms with Gasteiger partial charge in [0.2, 0.25) is 0 Å². The van der Waals surface area contributed by atoms with Crippen LogP contribution in [0, 0.1) is 17.8 Å². The van der Waals surface area contributed by atoms with E-state index in [-0.39, 0.29) is 17.7 Å². The molecule has 22 heavy (non-hydrogen) atoms. The summed E-state index contributed by atoms with van der Waals surface area (Å²) in [6, 6.07) is 7.18. The van der Waals surface area contributed by atoms with E-state index in [2.05, 4.69) is 20.8 Å². The van der Waals surface area contributed by atoms with Gasteiger partial charge in [-0.05, 0) is 54.0 Å². The summed E-state index contributed by atoms with van der Waals surface area (Å²) >= 11 is 0. The predicted octanol–water partition coefficient (Wildman–Crippen LogP) is 4.13. The summed E-state index contributed by atoms with van der Waals surface area (Å²) in [7, 11) is 1.37. The van der Waals surface area contributed by atoms with E-state index in [4.69, 9.17) is 4.74 Å². The van der Waals surface area contributed by atoms with Crippen LogP contribution in [-0.2, 0) is 9.53 Å². The Kier molecular flexibility index (Phi) is 5.17. The Balaban J connectivity index is 2.26. The first-order valence-electron chi connectivity index (χ1n) is 7.88. The van der Waals surface area contributed by atoms with Crippen molar-refractivity contribution < 1.29 is 14.3 Å². The van der Waals surface area contributed by atoms with Crippen molar-refractivity contribution in [2.45, 2.75) is 33.6 Å². The van der Waals surface area contributed by atoms with Crippen LogP contribution in [0.3, 0.4) is 0 Å². The van der Waals surface area contributed by atoms with Crippen molar-refractivity contribution in [2.24, 2.45) is 17.8 Å². The molecule has 0 aromatic heterocycles. The highest BCUT2D eigenvalue weighted by Crippen LogP contribution is 2.35. The molecule has 0 amide bonds. The van der Waals surface area contributed by atoms with Gasteiger partial charge in [0.15, 0.2) is 5.78 Å². The minimum atomic E-state index is -0.346. The number of carbonyl (C=O) groups excluding carboxylic acids is 2. The lowest BCUT2D eigenvalue weighted by atomic mass is 9.73. The molecule has 1 aromatic rings. The van der Waals surface area contributed by atoms with Gasteiger partial charge in [-0.1, -0.05) is 32.9 Å². The topological polar surface area (TPSA) is 43.4 Å². The largest absolute Gasteiger partial charge is 0.465 e. The van der Waals surface area contributed by atoms with Crippen molar-refractivity contribution >= 4 is 17.8 Å². The minimum Gasteiger partial charge on any atom is -0.465 e. The number of Topliss-reactive ketones (excluding diaryl/α,β-unsaturated/α-hetero) is 1. The number of esters is 1. The second-order valence-electron chi connectivity index (χ2n) is 6.41. The van der Waals surface area contributed by atoms with Gasteiger partial charge in [-0.2, -0.15) is 0 Å². The number of hydrogen-bond donors (Lipinski definition) is 0. The summed E-state index contributed by atoms with van der Waals surface area (Å²) in [4.78, 5) is 24.1. The first kappa shape index (κ1) is 16.5. The maximum absolute atomic E-state index is 12.7. The summed E-state index contributed by atoms with van der Waals surface area (Å²) in [5, 5.41) is 0. The fourth-order valence-electron chi connectivity index (χ4n) is 3.04. The van der Waals surface area contributed by atoms with Crippen molar-refractivity contribution in [3.8, 4) is 0 Å². The zero-order valence-corrected chi connectivity index (χ0v) is 13.8. The third-order valence-corrected chi connectivity index (χ3v) is 4.52. The molecule has 2 atom stereocenters. The zero-order chi connectivity index (χ0) is 16.3. The number of allylic oxidation sites excluding steroid dienone is 1. The second-order valence-corrected chi connectivity index (χ2v) is 6.41. The zero-order valence-electron chi connectivity index (χ0n) is 13.8. The van der Waals surface area contributed by atoms with Crippen molar-refractivity contribution in [3.05, 3.63) is 41.0 Å². The van der Waals surface area contributed by atoms with Crippen LogP contribution in [0.1, 0.15) is 49.5 Å². The smallest absolute Gasteiger partial charge is 0.337 e. The molecule has 3 nitrogen and oxygen atoms in total. The van der Waals surface area contributed by atoms with Gasteiger partial charge in [-0.15, -0.1) is 0 Å². The summed E-state index contributed by atoms with van der Waals surface area (Å²) in [6.07, 6.45) is 4.01. The molecule has 0 N–H and O–H groups in total. The average molecular weight is 300 g/mol. The maximum atomic E-state index is 12.7. The summed E-state index contributed by atoms with van der Waals surface area (Å²) in [6.45, 7) is 6.34. The number of rotatable bonds is 3. The molecule has 0 radical (unpaired) electrons. The van der Waals surface area contributed by atoms with Crippen molar-refractivity contribution in [2.75, 3.05) is 7.11 Å². The highest BCUT2D eigenvalue weighted by molar-refractivity contribution is 6.02. The Morgan fingerprint density at radius 1 is 1.23 bits per heavy atom. The van der Waals surface area contributed by atoms with Gasteiger partial charge in [0.1, 0.15) is 0 Å². The number of ketones is 1. The van der Waals surface area contributed by atoms with E-state index in [9.17, 15) is 9.59 Å². The van der Waals surface area contributed by atoms with Crippen LogP contribution in [0.2, 0.25) is 0 Å². The molecule has 0 unspecified atom stereocenters. The van der Waals surface area contributed by atoms with Gasteiger partial charge in [-0.25, -0.2) is 4.79 Å². The normalized spacial score (nSPS) is 23.9. The van der Waals surface area contributed by atoms with Crippen LogP contribution in [0.5, 0.6) is 0 Å². The van der Waals surface area contributed by atoms with E-state index >= 15 is 0 Å². The van der Waals surface area contributed by atoms with E-state index in [0.29, 0.717) is 17.4 Å². The third-order valence-electron chi connectivity index (χ3n) is 4.52. The van der Waals surface area contributed by atoms with Gasteiger partial charge in [0, 0.05) is 5.92 Å². The van der Waals surface area contributed by atoms with E-state index in [1.165, 1.54) is 7.11 Å². The van der Waals surface area contributed by atoms with Gasteiger partial charge in [-0.3, -0.25) is 4.79 Å². The molecule has 2 rings (SSSR count). The monoisotopic (exact) mass is 300 g/mol. The summed E-state index contributed by atoms with van der Waals surface area (Å²) < 4.78 is 4.69. The third kappa shape index (κ3) is 3.46. The van der Waals surface area contributed by atoms with Crippen LogP contribution in [-0.4, -0.2) is 18.9 Å². The molecule has 3 heteroatoms. The molecule has 0 spiro atoms. The van der Waals surface area contributed by atoms with Crippen LogP contribution in [0.4, 0.5) is 0 Å². The molecule has 0 aliphatic heterocycles. The number of hydrogen-bond acceptors (Lipinski definition) is 3. The average Bonchev–Trinajstić information content (AvgIpc) is 2.50. The van der Waals surface area contributed by atoms with Crippen LogP contribution in [0.15, 0.2) is 29.8 Å².